The molecule has 0 spiro atoms. The van der Waals surface area contributed by atoms with Crippen LogP contribution in [0.2, 0.25) is 0 Å². The minimum absolute atomic E-state index is 0. The van der Waals surface area contributed by atoms with E-state index in [4.69, 9.17) is 0 Å². The molecule has 0 aliphatic rings. The number of unbranched alkanes of at least 4 members (excludes halogenated alkanes) is 9. The van der Waals surface area contributed by atoms with E-state index in [9.17, 15) is 0 Å². The number of likely N-dealkylation sites (N-methyl/N-ethyl adjacent to an activating group) is 1. The molecule has 0 N–H and O–H groups in total. The van der Waals surface area contributed by atoms with E-state index in [1.54, 1.807) is 0 Å². The summed E-state index contributed by atoms with van der Waals surface area (Å²) in [6, 6.07) is 10.9. The zero-order chi connectivity index (χ0) is 16.8. The second-order valence-electron chi connectivity index (χ2n) is 7.80. The lowest BCUT2D eigenvalue weighted by molar-refractivity contribution is -0.890. The first kappa shape index (κ1) is 23.5. The van der Waals surface area contributed by atoms with Gasteiger partial charge in [-0.15, -0.1) is 0 Å². The van der Waals surface area contributed by atoms with E-state index in [0.717, 1.165) is 4.48 Å². The van der Waals surface area contributed by atoms with Crippen LogP contribution in [0.15, 0.2) is 30.3 Å². The fraction of sp³-hybridized carbons (Fsp3) is 0.727. The fourth-order valence-corrected chi connectivity index (χ4v) is 3.22. The third kappa shape index (κ3) is 12.8. The van der Waals surface area contributed by atoms with Crippen molar-refractivity contribution in [3.05, 3.63) is 35.9 Å². The van der Waals surface area contributed by atoms with Crippen LogP contribution in [0.25, 0.3) is 0 Å². The van der Waals surface area contributed by atoms with Crippen LogP contribution in [0.3, 0.4) is 0 Å². The lowest BCUT2D eigenvalue weighted by Gasteiger charge is -2.30. The fourth-order valence-electron chi connectivity index (χ4n) is 3.22. The van der Waals surface area contributed by atoms with Crippen LogP contribution in [-0.2, 0) is 6.42 Å². The van der Waals surface area contributed by atoms with Gasteiger partial charge in [0.1, 0.15) is 0 Å². The van der Waals surface area contributed by atoms with E-state index < -0.39 is 0 Å². The van der Waals surface area contributed by atoms with Crippen molar-refractivity contribution in [2.45, 2.75) is 77.6 Å². The van der Waals surface area contributed by atoms with Crippen molar-refractivity contribution in [2.75, 3.05) is 27.2 Å². The molecule has 0 atom stereocenters. The number of hydrogen-bond acceptors (Lipinski definition) is 0. The molecule has 0 bridgehead atoms. The Morgan fingerprint density at radius 1 is 0.667 bits per heavy atom. The smallest absolute Gasteiger partial charge is 0.0823 e. The summed E-state index contributed by atoms with van der Waals surface area (Å²) < 4.78 is 1.16. The molecule has 0 aliphatic carbocycles. The maximum Gasteiger partial charge on any atom is 0.0823 e. The van der Waals surface area contributed by atoms with Crippen molar-refractivity contribution >= 4 is 0 Å². The van der Waals surface area contributed by atoms with Gasteiger partial charge < -0.3 is 16.9 Å². The van der Waals surface area contributed by atoms with Gasteiger partial charge in [0, 0.05) is 6.42 Å². The highest BCUT2D eigenvalue weighted by molar-refractivity contribution is 5.14. The number of benzene rings is 1. The highest BCUT2D eigenvalue weighted by Crippen LogP contribution is 2.12. The van der Waals surface area contributed by atoms with Gasteiger partial charge in [0.25, 0.3) is 0 Å². The third-order valence-electron chi connectivity index (χ3n) is 4.97. The molecule has 0 aliphatic heterocycles. The van der Waals surface area contributed by atoms with E-state index in [-0.39, 0.29) is 12.4 Å². The zero-order valence-electron chi connectivity index (χ0n) is 16.4. The average molecular weight is 354 g/mol. The molecule has 0 saturated heterocycles. The molecule has 0 heterocycles. The summed E-state index contributed by atoms with van der Waals surface area (Å²) in [5, 5.41) is 0. The molecule has 0 fully saturated rings. The van der Waals surface area contributed by atoms with Gasteiger partial charge in [-0.1, -0.05) is 88.6 Å². The standard InChI is InChI=1S/C22H40N.ClH/c1-4-5-6-7-8-9-10-11-12-16-20-23(2,3)21-19-22-17-14-13-15-18-22;/h13-15,17-18H,4-12,16,19-21H2,1-3H3;1H/q+1;/p-1. The molecule has 1 rings (SSSR count). The lowest BCUT2D eigenvalue weighted by atomic mass is 10.1. The van der Waals surface area contributed by atoms with Gasteiger partial charge in [0.2, 0.25) is 0 Å². The summed E-state index contributed by atoms with van der Waals surface area (Å²) in [4.78, 5) is 0. The highest BCUT2D eigenvalue weighted by Gasteiger charge is 2.14. The molecular formula is C22H40ClN. The normalized spacial score (nSPS) is 11.3. The molecular weight excluding hydrogens is 314 g/mol. The number of hydrogen-bond donors (Lipinski definition) is 0. The van der Waals surface area contributed by atoms with E-state index in [0.29, 0.717) is 0 Å². The molecule has 1 aromatic rings. The molecule has 24 heavy (non-hydrogen) atoms. The van der Waals surface area contributed by atoms with Crippen molar-refractivity contribution in [3.8, 4) is 0 Å². The van der Waals surface area contributed by atoms with Crippen LogP contribution < -0.4 is 12.4 Å². The third-order valence-corrected chi connectivity index (χ3v) is 4.97. The SMILES string of the molecule is CCCCCCCCCCCC[N+](C)(C)CCc1ccccc1.[Cl-]. The van der Waals surface area contributed by atoms with Crippen LogP contribution in [0.1, 0.15) is 76.7 Å². The van der Waals surface area contributed by atoms with E-state index >= 15 is 0 Å². The zero-order valence-corrected chi connectivity index (χ0v) is 17.2. The summed E-state index contributed by atoms with van der Waals surface area (Å²) in [6.45, 7) is 4.87. The van der Waals surface area contributed by atoms with Crippen LogP contribution in [0.4, 0.5) is 0 Å². The van der Waals surface area contributed by atoms with Crippen LogP contribution in [0, 0.1) is 0 Å². The predicted octanol–water partition coefficient (Wildman–Crippen LogP) is 3.23. The van der Waals surface area contributed by atoms with Gasteiger partial charge in [0.05, 0.1) is 27.2 Å². The topological polar surface area (TPSA) is 0 Å². The Labute approximate surface area is 157 Å². The van der Waals surface area contributed by atoms with E-state index in [2.05, 4.69) is 51.4 Å². The summed E-state index contributed by atoms with van der Waals surface area (Å²) in [5.41, 5.74) is 1.47. The van der Waals surface area contributed by atoms with Crippen molar-refractivity contribution < 1.29 is 16.9 Å². The maximum atomic E-state index is 2.39. The van der Waals surface area contributed by atoms with Crippen molar-refractivity contribution in [1.82, 2.24) is 0 Å². The molecule has 1 nitrogen and oxygen atoms in total. The first-order valence-electron chi connectivity index (χ1n) is 10.00. The second kappa shape index (κ2) is 14.8. The largest absolute Gasteiger partial charge is 1.00 e. The van der Waals surface area contributed by atoms with Gasteiger partial charge in [-0.25, -0.2) is 0 Å². The number of nitrogens with zero attached hydrogens (tertiary/aromatic N) is 1. The number of rotatable bonds is 14. The molecule has 140 valence electrons. The number of quaternary nitrogens is 1. The lowest BCUT2D eigenvalue weighted by Crippen LogP contribution is -3.00. The Bertz CT molecular complexity index is 375. The van der Waals surface area contributed by atoms with Gasteiger partial charge >= 0.3 is 0 Å². The molecule has 1 aromatic carbocycles. The Kier molecular flexibility index (Phi) is 14.5. The average Bonchev–Trinajstić information content (AvgIpc) is 2.56. The molecule has 0 unspecified atom stereocenters. The Hall–Kier alpha value is -0.530. The van der Waals surface area contributed by atoms with Gasteiger partial charge in [0.15, 0.2) is 0 Å². The van der Waals surface area contributed by atoms with Crippen LogP contribution in [0.5, 0.6) is 0 Å². The van der Waals surface area contributed by atoms with Crippen molar-refractivity contribution in [2.24, 2.45) is 0 Å². The number of halogens is 1. The first-order chi connectivity index (χ1) is 11.1. The maximum absolute atomic E-state index is 2.39. The molecule has 0 amide bonds. The quantitative estimate of drug-likeness (QED) is 0.356. The minimum atomic E-state index is 0. The van der Waals surface area contributed by atoms with E-state index in [1.807, 2.05) is 0 Å². The summed E-state index contributed by atoms with van der Waals surface area (Å²) in [7, 11) is 4.77. The Morgan fingerprint density at radius 3 is 1.71 bits per heavy atom. The molecule has 0 radical (unpaired) electrons. The predicted molar refractivity (Wildman–Crippen MR) is 104 cm³/mol. The van der Waals surface area contributed by atoms with Gasteiger partial charge in [-0.05, 0) is 18.4 Å². The van der Waals surface area contributed by atoms with Gasteiger partial charge in [-0.3, -0.25) is 0 Å². The minimum Gasteiger partial charge on any atom is -1.00 e. The molecule has 0 aromatic heterocycles. The Balaban J connectivity index is 0.00000529. The van der Waals surface area contributed by atoms with Crippen LogP contribution >= 0.6 is 0 Å². The highest BCUT2D eigenvalue weighted by atomic mass is 35.5. The van der Waals surface area contributed by atoms with Crippen molar-refractivity contribution in [1.29, 1.82) is 0 Å². The monoisotopic (exact) mass is 353 g/mol. The summed E-state index contributed by atoms with van der Waals surface area (Å²) in [5.74, 6) is 0. The first-order valence-corrected chi connectivity index (χ1v) is 10.00. The van der Waals surface area contributed by atoms with Crippen LogP contribution in [-0.4, -0.2) is 31.7 Å². The molecule has 2 heteroatoms. The van der Waals surface area contributed by atoms with Gasteiger partial charge in [-0.2, -0.15) is 0 Å². The summed E-state index contributed by atoms with van der Waals surface area (Å²) in [6.07, 6.45) is 15.5. The van der Waals surface area contributed by atoms with Crippen molar-refractivity contribution in [3.63, 3.8) is 0 Å². The Morgan fingerprint density at radius 2 is 1.17 bits per heavy atom. The summed E-state index contributed by atoms with van der Waals surface area (Å²) >= 11 is 0. The molecule has 0 saturated carbocycles. The second-order valence-corrected chi connectivity index (χ2v) is 7.80. The van der Waals surface area contributed by atoms with E-state index in [1.165, 1.54) is 89.3 Å².